The number of hydrogen-bond acceptors (Lipinski definition) is 3. The van der Waals surface area contributed by atoms with E-state index in [0.29, 0.717) is 13.0 Å². The zero-order valence-corrected chi connectivity index (χ0v) is 8.30. The molecule has 0 saturated heterocycles. The topological polar surface area (TPSA) is 52.5 Å². The lowest BCUT2D eigenvalue weighted by molar-refractivity contribution is -0.201. The Kier molecular flexibility index (Phi) is 4.36. The molecule has 0 amide bonds. The van der Waals surface area contributed by atoms with Crippen LogP contribution in [0.4, 0.5) is 13.2 Å². The average molecular weight is 227 g/mol. The van der Waals surface area contributed by atoms with Gasteiger partial charge in [-0.15, -0.1) is 0 Å². The first kappa shape index (κ1) is 12.7. The van der Waals surface area contributed by atoms with Gasteiger partial charge in [0.25, 0.3) is 0 Å². The van der Waals surface area contributed by atoms with E-state index in [1.807, 2.05) is 0 Å². The van der Waals surface area contributed by atoms with Gasteiger partial charge in [-0.05, 0) is 18.8 Å². The summed E-state index contributed by atoms with van der Waals surface area (Å²) < 4.78 is 35.7. The van der Waals surface area contributed by atoms with Gasteiger partial charge in [-0.2, -0.15) is 13.2 Å². The molecule has 1 saturated carbocycles. The normalized spacial score (nSPS) is 29.4. The predicted molar refractivity (Wildman–Crippen MR) is 48.3 cm³/mol. The first-order valence-electron chi connectivity index (χ1n) is 5.05. The SMILES string of the molecule is OC1CCCC1CNCC(O)C(F)(F)F. The van der Waals surface area contributed by atoms with Gasteiger partial charge in [0.1, 0.15) is 0 Å². The van der Waals surface area contributed by atoms with Crippen molar-refractivity contribution in [2.75, 3.05) is 13.1 Å². The van der Waals surface area contributed by atoms with Crippen molar-refractivity contribution in [2.24, 2.45) is 5.92 Å². The minimum absolute atomic E-state index is 0.0189. The van der Waals surface area contributed by atoms with E-state index in [1.165, 1.54) is 0 Å². The Bertz CT molecular complexity index is 196. The zero-order chi connectivity index (χ0) is 11.5. The molecule has 1 fully saturated rings. The Morgan fingerprint density at radius 2 is 2.00 bits per heavy atom. The molecule has 0 heterocycles. The van der Waals surface area contributed by atoms with Gasteiger partial charge in [-0.1, -0.05) is 6.42 Å². The number of alkyl halides is 3. The molecule has 0 bridgehead atoms. The highest BCUT2D eigenvalue weighted by atomic mass is 19.4. The van der Waals surface area contributed by atoms with Crippen LogP contribution in [-0.2, 0) is 0 Å². The number of nitrogens with one attached hydrogen (secondary N) is 1. The Morgan fingerprint density at radius 3 is 2.47 bits per heavy atom. The Morgan fingerprint density at radius 1 is 1.33 bits per heavy atom. The minimum atomic E-state index is -4.57. The van der Waals surface area contributed by atoms with E-state index >= 15 is 0 Å². The fourth-order valence-corrected chi connectivity index (χ4v) is 1.78. The fraction of sp³-hybridized carbons (Fsp3) is 1.00. The smallest absolute Gasteiger partial charge is 0.393 e. The van der Waals surface area contributed by atoms with Crippen molar-refractivity contribution in [3.8, 4) is 0 Å². The molecule has 0 spiro atoms. The standard InChI is InChI=1S/C9H16F3NO2/c10-9(11,12)8(15)5-13-4-6-2-1-3-7(6)14/h6-8,13-15H,1-5H2. The third-order valence-corrected chi connectivity index (χ3v) is 2.74. The monoisotopic (exact) mass is 227 g/mol. The van der Waals surface area contributed by atoms with Gasteiger partial charge < -0.3 is 15.5 Å². The van der Waals surface area contributed by atoms with Gasteiger partial charge in [0.05, 0.1) is 6.10 Å². The third kappa shape index (κ3) is 3.96. The largest absolute Gasteiger partial charge is 0.415 e. The van der Waals surface area contributed by atoms with Crippen LogP contribution in [0, 0.1) is 5.92 Å². The van der Waals surface area contributed by atoms with Crippen molar-refractivity contribution >= 4 is 0 Å². The van der Waals surface area contributed by atoms with Crippen molar-refractivity contribution < 1.29 is 23.4 Å². The van der Waals surface area contributed by atoms with Gasteiger partial charge in [0.2, 0.25) is 0 Å². The summed E-state index contributed by atoms with van der Waals surface area (Å²) in [7, 11) is 0. The third-order valence-electron chi connectivity index (χ3n) is 2.74. The molecule has 1 aliphatic rings. The molecular formula is C9H16F3NO2. The van der Waals surface area contributed by atoms with E-state index in [4.69, 9.17) is 5.11 Å². The van der Waals surface area contributed by atoms with Gasteiger partial charge in [0, 0.05) is 13.1 Å². The van der Waals surface area contributed by atoms with Crippen molar-refractivity contribution in [3.63, 3.8) is 0 Å². The second kappa shape index (κ2) is 5.14. The van der Waals surface area contributed by atoms with Crippen molar-refractivity contribution in [1.82, 2.24) is 5.32 Å². The molecule has 0 aliphatic heterocycles. The summed E-state index contributed by atoms with van der Waals surface area (Å²) in [5.41, 5.74) is 0. The maximum absolute atomic E-state index is 11.9. The van der Waals surface area contributed by atoms with Gasteiger partial charge in [-0.25, -0.2) is 0 Å². The average Bonchev–Trinajstić information content (AvgIpc) is 2.50. The zero-order valence-electron chi connectivity index (χ0n) is 8.30. The second-order valence-electron chi connectivity index (χ2n) is 3.97. The van der Waals surface area contributed by atoms with E-state index in [1.54, 1.807) is 0 Å². The molecule has 90 valence electrons. The van der Waals surface area contributed by atoms with E-state index in [9.17, 15) is 18.3 Å². The quantitative estimate of drug-likeness (QED) is 0.661. The summed E-state index contributed by atoms with van der Waals surface area (Å²) in [5.74, 6) is 0.0189. The van der Waals surface area contributed by atoms with Crippen LogP contribution in [0.5, 0.6) is 0 Å². The van der Waals surface area contributed by atoms with Crippen LogP contribution in [0.2, 0.25) is 0 Å². The summed E-state index contributed by atoms with van der Waals surface area (Å²) in [6, 6.07) is 0. The second-order valence-corrected chi connectivity index (χ2v) is 3.97. The molecule has 0 aromatic carbocycles. The number of halogens is 3. The summed E-state index contributed by atoms with van der Waals surface area (Å²) in [5, 5.41) is 20.6. The van der Waals surface area contributed by atoms with E-state index in [-0.39, 0.29) is 5.92 Å². The lowest BCUT2D eigenvalue weighted by Crippen LogP contribution is -2.40. The van der Waals surface area contributed by atoms with Crippen molar-refractivity contribution in [3.05, 3.63) is 0 Å². The Hall–Kier alpha value is -0.330. The molecule has 3 nitrogen and oxygen atoms in total. The Balaban J connectivity index is 2.16. The van der Waals surface area contributed by atoms with E-state index in [2.05, 4.69) is 5.32 Å². The summed E-state index contributed by atoms with van der Waals surface area (Å²) in [6.45, 7) is -0.180. The molecule has 3 unspecified atom stereocenters. The maximum atomic E-state index is 11.9. The van der Waals surface area contributed by atoms with E-state index in [0.717, 1.165) is 12.8 Å². The van der Waals surface area contributed by atoms with Crippen LogP contribution in [-0.4, -0.2) is 41.7 Å². The van der Waals surface area contributed by atoms with Crippen LogP contribution in [0.3, 0.4) is 0 Å². The van der Waals surface area contributed by atoms with Crippen molar-refractivity contribution in [1.29, 1.82) is 0 Å². The maximum Gasteiger partial charge on any atom is 0.415 e. The van der Waals surface area contributed by atoms with Gasteiger partial charge in [0.15, 0.2) is 6.10 Å². The summed E-state index contributed by atoms with van der Waals surface area (Å²) >= 11 is 0. The lowest BCUT2D eigenvalue weighted by atomic mass is 10.1. The molecule has 6 heteroatoms. The van der Waals surface area contributed by atoms with Crippen LogP contribution >= 0.6 is 0 Å². The predicted octanol–water partition coefficient (Wildman–Crippen LogP) is 0.660. The van der Waals surface area contributed by atoms with Crippen LogP contribution in [0.1, 0.15) is 19.3 Å². The number of hydrogen-bond donors (Lipinski definition) is 3. The van der Waals surface area contributed by atoms with Crippen LogP contribution in [0.25, 0.3) is 0 Å². The van der Waals surface area contributed by atoms with Crippen LogP contribution < -0.4 is 5.32 Å². The van der Waals surface area contributed by atoms with Crippen molar-refractivity contribution in [2.45, 2.75) is 37.6 Å². The molecule has 1 aliphatic carbocycles. The molecule has 0 aromatic heterocycles. The summed E-state index contributed by atoms with van der Waals surface area (Å²) in [4.78, 5) is 0. The molecule has 0 aromatic rings. The van der Waals surface area contributed by atoms with Gasteiger partial charge in [-0.3, -0.25) is 0 Å². The first-order chi connectivity index (χ1) is 6.91. The number of rotatable bonds is 4. The number of aliphatic hydroxyl groups excluding tert-OH is 2. The van der Waals surface area contributed by atoms with Gasteiger partial charge >= 0.3 is 6.18 Å². The minimum Gasteiger partial charge on any atom is -0.393 e. The molecule has 3 atom stereocenters. The fourth-order valence-electron chi connectivity index (χ4n) is 1.78. The Labute approximate surface area is 86.3 Å². The molecule has 0 radical (unpaired) electrons. The molecule has 15 heavy (non-hydrogen) atoms. The molecule has 3 N–H and O–H groups in total. The van der Waals surface area contributed by atoms with Crippen LogP contribution in [0.15, 0.2) is 0 Å². The lowest BCUT2D eigenvalue weighted by Gasteiger charge is -2.18. The number of aliphatic hydroxyl groups is 2. The highest BCUT2D eigenvalue weighted by Gasteiger charge is 2.37. The first-order valence-corrected chi connectivity index (χ1v) is 5.05. The molecule has 1 rings (SSSR count). The highest BCUT2D eigenvalue weighted by Crippen LogP contribution is 2.25. The summed E-state index contributed by atoms with van der Waals surface area (Å²) in [6.07, 6.45) is -4.85. The van der Waals surface area contributed by atoms with E-state index < -0.39 is 24.9 Å². The molecular weight excluding hydrogens is 211 g/mol. The highest BCUT2D eigenvalue weighted by molar-refractivity contribution is 4.79.